The number of nitrogens with zero attached hydrogens (tertiary/aromatic N) is 3. The average molecular weight is 386 g/mol. The largest absolute Gasteiger partial charge is 0.423 e. The molecule has 0 spiro atoms. The molecule has 1 aromatic heterocycles. The Morgan fingerprint density at radius 2 is 1.89 bits per heavy atom. The summed E-state index contributed by atoms with van der Waals surface area (Å²) in [4.78, 5) is 21.8. The van der Waals surface area contributed by atoms with Crippen LogP contribution < -0.4 is 4.90 Å². The van der Waals surface area contributed by atoms with Gasteiger partial charge < -0.3 is 19.0 Å². The highest BCUT2D eigenvalue weighted by Gasteiger charge is 2.28. The predicted molar refractivity (Wildman–Crippen MR) is 110 cm³/mol. The Hall–Kier alpha value is -2.08. The first-order valence-corrected chi connectivity index (χ1v) is 10.4. The summed E-state index contributed by atoms with van der Waals surface area (Å²) in [5, 5.41) is 0. The molecule has 0 atom stereocenters. The van der Waals surface area contributed by atoms with Crippen LogP contribution in [0.25, 0.3) is 11.1 Å². The van der Waals surface area contributed by atoms with E-state index in [2.05, 4.69) is 37.8 Å². The van der Waals surface area contributed by atoms with E-state index < -0.39 is 0 Å². The van der Waals surface area contributed by atoms with Gasteiger partial charge in [-0.1, -0.05) is 26.8 Å². The number of hydrogen-bond donors (Lipinski definition) is 0. The van der Waals surface area contributed by atoms with Crippen LogP contribution in [0.1, 0.15) is 45.6 Å². The van der Waals surface area contributed by atoms with Crippen LogP contribution in [-0.2, 0) is 14.9 Å². The van der Waals surface area contributed by atoms with Crippen LogP contribution in [0.2, 0.25) is 0 Å². The van der Waals surface area contributed by atoms with Gasteiger partial charge in [-0.15, -0.1) is 0 Å². The smallest absolute Gasteiger partial charge is 0.298 e. The Bertz CT molecular complexity index is 833. The molecule has 0 N–H and O–H groups in total. The minimum Gasteiger partial charge on any atom is -0.423 e. The van der Waals surface area contributed by atoms with E-state index >= 15 is 0 Å². The standard InChI is InChI=1S/C22H31N3O3/c1-22(2,3)17-5-6-19-18(15-17)23-21(28-19)25-10-4-9-24(11-12-25)20(26)16-7-13-27-14-8-16/h5-6,15-16H,4,7-14H2,1-3H3. The number of rotatable bonds is 2. The zero-order valence-electron chi connectivity index (χ0n) is 17.2. The highest BCUT2D eigenvalue weighted by Crippen LogP contribution is 2.29. The maximum absolute atomic E-state index is 12.8. The maximum Gasteiger partial charge on any atom is 0.298 e. The second-order valence-corrected chi connectivity index (χ2v) is 8.98. The molecule has 1 amide bonds. The topological polar surface area (TPSA) is 58.8 Å². The molecule has 1 aromatic carbocycles. The van der Waals surface area contributed by atoms with E-state index in [1.165, 1.54) is 5.56 Å². The molecule has 0 saturated carbocycles. The van der Waals surface area contributed by atoms with E-state index in [0.717, 1.165) is 56.5 Å². The number of anilines is 1. The summed E-state index contributed by atoms with van der Waals surface area (Å²) in [6.45, 7) is 11.2. The van der Waals surface area contributed by atoms with Gasteiger partial charge in [0.25, 0.3) is 6.01 Å². The summed E-state index contributed by atoms with van der Waals surface area (Å²) >= 11 is 0. The molecule has 2 aromatic rings. The summed E-state index contributed by atoms with van der Waals surface area (Å²) in [6, 6.07) is 6.93. The van der Waals surface area contributed by atoms with E-state index in [1.54, 1.807) is 0 Å². The van der Waals surface area contributed by atoms with Crippen molar-refractivity contribution >= 4 is 23.0 Å². The Morgan fingerprint density at radius 1 is 1.11 bits per heavy atom. The molecule has 28 heavy (non-hydrogen) atoms. The summed E-state index contributed by atoms with van der Waals surface area (Å²) in [5.74, 6) is 0.415. The van der Waals surface area contributed by atoms with Gasteiger partial charge >= 0.3 is 0 Å². The molecule has 152 valence electrons. The fourth-order valence-corrected chi connectivity index (χ4v) is 4.05. The van der Waals surface area contributed by atoms with Gasteiger partial charge in [-0.25, -0.2) is 0 Å². The van der Waals surface area contributed by atoms with E-state index in [4.69, 9.17) is 14.1 Å². The highest BCUT2D eigenvalue weighted by molar-refractivity contribution is 5.79. The summed E-state index contributed by atoms with van der Waals surface area (Å²) < 4.78 is 11.4. The van der Waals surface area contributed by atoms with Crippen LogP contribution >= 0.6 is 0 Å². The molecule has 0 bridgehead atoms. The SMILES string of the molecule is CC(C)(C)c1ccc2oc(N3CCCN(C(=O)C4CCOCC4)CC3)nc2c1. The highest BCUT2D eigenvalue weighted by atomic mass is 16.5. The third-order valence-electron chi connectivity index (χ3n) is 5.89. The van der Waals surface area contributed by atoms with Gasteiger partial charge in [0.1, 0.15) is 5.52 Å². The summed E-state index contributed by atoms with van der Waals surface area (Å²) in [6.07, 6.45) is 2.63. The van der Waals surface area contributed by atoms with Gasteiger partial charge in [-0.3, -0.25) is 4.79 Å². The van der Waals surface area contributed by atoms with Crippen molar-refractivity contribution in [2.24, 2.45) is 5.92 Å². The monoisotopic (exact) mass is 385 g/mol. The van der Waals surface area contributed by atoms with Gasteiger partial charge in [0.2, 0.25) is 5.91 Å². The number of carbonyl (C=O) groups is 1. The lowest BCUT2D eigenvalue weighted by atomic mass is 9.87. The normalized spacial score (nSPS) is 19.8. The molecule has 2 fully saturated rings. The van der Waals surface area contributed by atoms with Crippen LogP contribution in [0.3, 0.4) is 0 Å². The van der Waals surface area contributed by atoms with Gasteiger partial charge in [-0.2, -0.15) is 4.98 Å². The van der Waals surface area contributed by atoms with Gasteiger partial charge in [0.15, 0.2) is 5.58 Å². The summed E-state index contributed by atoms with van der Waals surface area (Å²) in [5.41, 5.74) is 3.06. The fourth-order valence-electron chi connectivity index (χ4n) is 4.05. The predicted octanol–water partition coefficient (Wildman–Crippen LogP) is 3.59. The Labute approximate surface area is 166 Å². The molecule has 6 nitrogen and oxygen atoms in total. The van der Waals surface area contributed by atoms with E-state index in [9.17, 15) is 4.79 Å². The number of oxazole rings is 1. The van der Waals surface area contributed by atoms with Crippen LogP contribution in [0.15, 0.2) is 22.6 Å². The van der Waals surface area contributed by atoms with Crippen molar-refractivity contribution in [3.8, 4) is 0 Å². The van der Waals surface area contributed by atoms with Crippen molar-refractivity contribution in [3.05, 3.63) is 23.8 Å². The van der Waals surface area contributed by atoms with Crippen molar-refractivity contribution in [2.75, 3.05) is 44.3 Å². The Morgan fingerprint density at radius 3 is 2.64 bits per heavy atom. The molecule has 4 rings (SSSR count). The zero-order valence-corrected chi connectivity index (χ0v) is 17.2. The van der Waals surface area contributed by atoms with Crippen LogP contribution in [0, 0.1) is 5.92 Å². The molecule has 2 saturated heterocycles. The molecule has 2 aliphatic heterocycles. The Balaban J connectivity index is 1.46. The number of aromatic nitrogens is 1. The first-order valence-electron chi connectivity index (χ1n) is 10.4. The second kappa shape index (κ2) is 7.74. The first-order chi connectivity index (χ1) is 13.4. The molecule has 0 aliphatic carbocycles. The molecule has 0 radical (unpaired) electrons. The number of carbonyl (C=O) groups excluding carboxylic acids is 1. The van der Waals surface area contributed by atoms with Crippen LogP contribution in [0.4, 0.5) is 6.01 Å². The van der Waals surface area contributed by atoms with Crippen molar-refractivity contribution in [2.45, 2.75) is 45.4 Å². The average Bonchev–Trinajstić information content (AvgIpc) is 2.96. The molecular formula is C22H31N3O3. The molecule has 6 heteroatoms. The van der Waals surface area contributed by atoms with E-state index in [-0.39, 0.29) is 17.2 Å². The van der Waals surface area contributed by atoms with Crippen LogP contribution in [0.5, 0.6) is 0 Å². The minimum atomic E-state index is 0.0843. The number of fused-ring (bicyclic) bond motifs is 1. The first kappa shape index (κ1) is 19.2. The van der Waals surface area contributed by atoms with Crippen LogP contribution in [-0.4, -0.2) is 55.2 Å². The molecular weight excluding hydrogens is 354 g/mol. The molecule has 0 unspecified atom stereocenters. The lowest BCUT2D eigenvalue weighted by Gasteiger charge is -2.28. The number of hydrogen-bond acceptors (Lipinski definition) is 5. The maximum atomic E-state index is 12.8. The van der Waals surface area contributed by atoms with E-state index in [0.29, 0.717) is 19.2 Å². The quantitative estimate of drug-likeness (QED) is 0.791. The summed E-state index contributed by atoms with van der Waals surface area (Å²) in [7, 11) is 0. The van der Waals surface area contributed by atoms with E-state index in [1.807, 2.05) is 11.0 Å². The fraction of sp³-hybridized carbons (Fsp3) is 0.636. The molecule has 3 heterocycles. The number of amides is 1. The van der Waals surface area contributed by atoms with Gasteiger partial charge in [-0.05, 0) is 42.4 Å². The third-order valence-corrected chi connectivity index (χ3v) is 5.89. The lowest BCUT2D eigenvalue weighted by Crippen LogP contribution is -2.40. The lowest BCUT2D eigenvalue weighted by molar-refractivity contribution is -0.138. The van der Waals surface area contributed by atoms with Crippen molar-refractivity contribution < 1.29 is 13.9 Å². The number of benzene rings is 1. The third kappa shape index (κ3) is 4.02. The zero-order chi connectivity index (χ0) is 19.7. The van der Waals surface area contributed by atoms with Crippen molar-refractivity contribution in [1.82, 2.24) is 9.88 Å². The number of ether oxygens (including phenoxy) is 1. The minimum absolute atomic E-state index is 0.0843. The Kier molecular flexibility index (Phi) is 5.32. The second-order valence-electron chi connectivity index (χ2n) is 8.98. The van der Waals surface area contributed by atoms with Crippen molar-refractivity contribution in [1.29, 1.82) is 0 Å². The molecule has 2 aliphatic rings. The van der Waals surface area contributed by atoms with Gasteiger partial charge in [0.05, 0.1) is 0 Å². The van der Waals surface area contributed by atoms with Gasteiger partial charge in [0, 0.05) is 45.3 Å². The van der Waals surface area contributed by atoms with Crippen molar-refractivity contribution in [3.63, 3.8) is 0 Å².